The van der Waals surface area contributed by atoms with Gasteiger partial charge < -0.3 is 4.90 Å². The van der Waals surface area contributed by atoms with E-state index in [2.05, 4.69) is 15.9 Å². The molecule has 1 aromatic rings. The fourth-order valence-electron chi connectivity index (χ4n) is 2.63. The van der Waals surface area contributed by atoms with E-state index in [1.807, 2.05) is 0 Å². The molecule has 6 heteroatoms. The minimum Gasteiger partial charge on any atom is -0.341 e. The zero-order valence-corrected chi connectivity index (χ0v) is 12.4. The first-order chi connectivity index (χ1) is 9.58. The van der Waals surface area contributed by atoms with Gasteiger partial charge in [0.05, 0.1) is 11.3 Å². The van der Waals surface area contributed by atoms with Crippen molar-refractivity contribution in [3.8, 4) is 0 Å². The molecule has 5 nitrogen and oxygen atoms in total. The van der Waals surface area contributed by atoms with E-state index in [9.17, 15) is 14.4 Å². The standard InChI is InChI=1S/C14H13BrN2O3/c15-9-3-4-11-10(7-9)13(19)14(20)17(11)8-12(18)16-5-1-2-6-16/h3-4,7H,1-2,5-6,8H2. The van der Waals surface area contributed by atoms with Crippen LogP contribution in [-0.2, 0) is 9.59 Å². The van der Waals surface area contributed by atoms with Gasteiger partial charge >= 0.3 is 0 Å². The smallest absolute Gasteiger partial charge is 0.299 e. The largest absolute Gasteiger partial charge is 0.341 e. The van der Waals surface area contributed by atoms with Crippen molar-refractivity contribution in [3.63, 3.8) is 0 Å². The lowest BCUT2D eigenvalue weighted by molar-refractivity contribution is -0.129. The third-order valence-electron chi connectivity index (χ3n) is 3.69. The van der Waals surface area contributed by atoms with Crippen molar-refractivity contribution < 1.29 is 14.4 Å². The van der Waals surface area contributed by atoms with Gasteiger partial charge in [0.1, 0.15) is 6.54 Å². The lowest BCUT2D eigenvalue weighted by Gasteiger charge is -2.21. The Balaban J connectivity index is 1.85. The second kappa shape index (κ2) is 5.01. The molecule has 1 saturated heterocycles. The molecule has 0 unspecified atom stereocenters. The summed E-state index contributed by atoms with van der Waals surface area (Å²) in [5, 5.41) is 0. The number of carbonyl (C=O) groups is 3. The molecular formula is C14H13BrN2O3. The topological polar surface area (TPSA) is 57.7 Å². The van der Waals surface area contributed by atoms with Crippen LogP contribution in [0.4, 0.5) is 5.69 Å². The molecule has 0 aromatic heterocycles. The molecule has 0 bridgehead atoms. The Morgan fingerprint density at radius 1 is 1.20 bits per heavy atom. The van der Waals surface area contributed by atoms with E-state index in [-0.39, 0.29) is 12.5 Å². The maximum atomic E-state index is 12.1. The lowest BCUT2D eigenvalue weighted by Crippen LogP contribution is -2.41. The number of benzene rings is 1. The van der Waals surface area contributed by atoms with Gasteiger partial charge in [0.15, 0.2) is 0 Å². The van der Waals surface area contributed by atoms with Crippen molar-refractivity contribution in [2.45, 2.75) is 12.8 Å². The summed E-state index contributed by atoms with van der Waals surface area (Å²) in [6.45, 7) is 1.42. The molecule has 20 heavy (non-hydrogen) atoms. The number of Topliss-reactive ketones (excluding diaryl/α,β-unsaturated/α-hetero) is 1. The Bertz CT molecular complexity index is 608. The number of rotatable bonds is 2. The highest BCUT2D eigenvalue weighted by Crippen LogP contribution is 2.31. The predicted octanol–water partition coefficient (Wildman–Crippen LogP) is 1.60. The van der Waals surface area contributed by atoms with Crippen LogP contribution < -0.4 is 4.90 Å². The minimum atomic E-state index is -0.620. The Kier molecular flexibility index (Phi) is 3.33. The normalized spacial score (nSPS) is 17.9. The van der Waals surface area contributed by atoms with Gasteiger partial charge in [0.2, 0.25) is 5.91 Å². The van der Waals surface area contributed by atoms with Crippen LogP contribution in [0.15, 0.2) is 22.7 Å². The molecule has 0 atom stereocenters. The molecule has 0 aliphatic carbocycles. The van der Waals surface area contributed by atoms with Crippen LogP contribution in [0.1, 0.15) is 23.2 Å². The molecule has 2 aliphatic heterocycles. The SMILES string of the molecule is O=C1C(=O)N(CC(=O)N2CCCC2)c2ccc(Br)cc21. The molecule has 2 heterocycles. The quantitative estimate of drug-likeness (QED) is 0.771. The molecule has 2 aliphatic rings. The van der Waals surface area contributed by atoms with Gasteiger partial charge in [-0.15, -0.1) is 0 Å². The second-order valence-corrected chi connectivity index (χ2v) is 5.89. The fraction of sp³-hybridized carbons (Fsp3) is 0.357. The summed E-state index contributed by atoms with van der Waals surface area (Å²) in [7, 11) is 0. The molecular weight excluding hydrogens is 324 g/mol. The van der Waals surface area contributed by atoms with Crippen LogP contribution in [0.2, 0.25) is 0 Å². The van der Waals surface area contributed by atoms with Gasteiger partial charge in [-0.2, -0.15) is 0 Å². The van der Waals surface area contributed by atoms with Gasteiger partial charge in [-0.1, -0.05) is 15.9 Å². The number of carbonyl (C=O) groups excluding carboxylic acids is 3. The first kappa shape index (κ1) is 13.3. The Labute approximate surface area is 124 Å². The number of fused-ring (bicyclic) bond motifs is 1. The van der Waals surface area contributed by atoms with E-state index in [0.29, 0.717) is 11.3 Å². The first-order valence-corrected chi connectivity index (χ1v) is 7.31. The van der Waals surface area contributed by atoms with Gasteiger partial charge in [-0.05, 0) is 31.0 Å². The van der Waals surface area contributed by atoms with Crippen molar-refractivity contribution in [2.75, 3.05) is 24.5 Å². The number of ketones is 1. The maximum Gasteiger partial charge on any atom is 0.299 e. The average molecular weight is 337 g/mol. The van der Waals surface area contributed by atoms with Crippen molar-refractivity contribution in [1.82, 2.24) is 4.90 Å². The number of nitrogens with zero attached hydrogens (tertiary/aromatic N) is 2. The average Bonchev–Trinajstić information content (AvgIpc) is 3.03. The van der Waals surface area contributed by atoms with Crippen molar-refractivity contribution >= 4 is 39.2 Å². The highest BCUT2D eigenvalue weighted by atomic mass is 79.9. The molecule has 0 saturated carbocycles. The minimum absolute atomic E-state index is 0.0563. The molecule has 0 radical (unpaired) electrons. The molecule has 1 aromatic carbocycles. The zero-order valence-electron chi connectivity index (χ0n) is 10.8. The first-order valence-electron chi connectivity index (χ1n) is 6.51. The van der Waals surface area contributed by atoms with E-state index in [4.69, 9.17) is 0 Å². The van der Waals surface area contributed by atoms with Gasteiger partial charge in [0.25, 0.3) is 11.7 Å². The van der Waals surface area contributed by atoms with E-state index >= 15 is 0 Å². The number of hydrogen-bond donors (Lipinski definition) is 0. The van der Waals surface area contributed by atoms with E-state index in [1.165, 1.54) is 4.90 Å². The van der Waals surface area contributed by atoms with Crippen LogP contribution in [0.25, 0.3) is 0 Å². The molecule has 3 rings (SSSR count). The Morgan fingerprint density at radius 3 is 2.60 bits per heavy atom. The lowest BCUT2D eigenvalue weighted by atomic mass is 10.1. The Morgan fingerprint density at radius 2 is 1.90 bits per heavy atom. The fourth-order valence-corrected chi connectivity index (χ4v) is 2.99. The number of likely N-dealkylation sites (tertiary alicyclic amines) is 1. The predicted molar refractivity (Wildman–Crippen MR) is 76.6 cm³/mol. The molecule has 104 valence electrons. The van der Waals surface area contributed by atoms with E-state index in [0.717, 1.165) is 30.4 Å². The maximum absolute atomic E-state index is 12.1. The van der Waals surface area contributed by atoms with Crippen molar-refractivity contribution in [2.24, 2.45) is 0 Å². The van der Waals surface area contributed by atoms with Crippen LogP contribution in [-0.4, -0.2) is 42.1 Å². The van der Waals surface area contributed by atoms with Crippen LogP contribution in [0.3, 0.4) is 0 Å². The monoisotopic (exact) mass is 336 g/mol. The van der Waals surface area contributed by atoms with E-state index < -0.39 is 11.7 Å². The third-order valence-corrected chi connectivity index (χ3v) is 4.18. The summed E-state index contributed by atoms with van der Waals surface area (Å²) in [4.78, 5) is 39.1. The summed E-state index contributed by atoms with van der Waals surface area (Å²) < 4.78 is 0.741. The van der Waals surface area contributed by atoms with Crippen LogP contribution in [0.5, 0.6) is 0 Å². The van der Waals surface area contributed by atoms with Gasteiger partial charge in [0, 0.05) is 17.6 Å². The van der Waals surface area contributed by atoms with Gasteiger partial charge in [-0.3, -0.25) is 19.3 Å². The number of amides is 2. The Hall–Kier alpha value is -1.69. The molecule has 2 amide bonds. The summed E-state index contributed by atoms with van der Waals surface area (Å²) in [6, 6.07) is 5.08. The highest BCUT2D eigenvalue weighted by molar-refractivity contribution is 9.10. The third kappa shape index (κ3) is 2.14. The van der Waals surface area contributed by atoms with Crippen LogP contribution >= 0.6 is 15.9 Å². The van der Waals surface area contributed by atoms with E-state index in [1.54, 1.807) is 23.1 Å². The highest BCUT2D eigenvalue weighted by Gasteiger charge is 2.37. The zero-order chi connectivity index (χ0) is 14.3. The number of halogens is 1. The summed E-state index contributed by atoms with van der Waals surface area (Å²) in [6.07, 6.45) is 2.00. The van der Waals surface area contributed by atoms with Gasteiger partial charge in [-0.25, -0.2) is 0 Å². The van der Waals surface area contributed by atoms with Crippen molar-refractivity contribution in [1.29, 1.82) is 0 Å². The summed E-state index contributed by atoms with van der Waals surface area (Å²) in [5.41, 5.74) is 0.884. The summed E-state index contributed by atoms with van der Waals surface area (Å²) >= 11 is 3.28. The van der Waals surface area contributed by atoms with Crippen LogP contribution in [0, 0.1) is 0 Å². The number of hydrogen-bond acceptors (Lipinski definition) is 3. The molecule has 0 spiro atoms. The summed E-state index contributed by atoms with van der Waals surface area (Å²) in [5.74, 6) is -1.26. The number of anilines is 1. The molecule has 0 N–H and O–H groups in total. The molecule has 1 fully saturated rings. The van der Waals surface area contributed by atoms with Crippen molar-refractivity contribution in [3.05, 3.63) is 28.2 Å². The second-order valence-electron chi connectivity index (χ2n) is 4.97.